The number of benzene rings is 1. The molecule has 0 unspecified atom stereocenters. The molecule has 1 aliphatic heterocycles. The van der Waals surface area contributed by atoms with E-state index >= 15 is 0 Å². The maximum Gasteiger partial charge on any atom is 0.266 e. The first-order valence-corrected chi connectivity index (χ1v) is 8.37. The first-order chi connectivity index (χ1) is 10.9. The number of nitrogens with zero attached hydrogens (tertiary/aromatic N) is 1. The average Bonchev–Trinajstić information content (AvgIpc) is 2.80. The molecule has 0 saturated carbocycles. The number of thioether (sulfide) groups is 1. The summed E-state index contributed by atoms with van der Waals surface area (Å²) in [5, 5.41) is 11.0. The Hall–Kier alpha value is -1.86. The first-order valence-electron chi connectivity index (χ1n) is 7.14. The van der Waals surface area contributed by atoms with Crippen molar-refractivity contribution < 1.29 is 19.4 Å². The highest BCUT2D eigenvalue weighted by Gasteiger charge is 2.35. The van der Waals surface area contributed by atoms with Crippen LogP contribution in [0.1, 0.15) is 25.8 Å². The number of amides is 1. The summed E-state index contributed by atoms with van der Waals surface area (Å²) < 4.78 is 5.72. The average molecular weight is 350 g/mol. The van der Waals surface area contributed by atoms with E-state index in [0.717, 1.165) is 34.4 Å². The molecular weight excluding hydrogens is 334 g/mol. The van der Waals surface area contributed by atoms with E-state index in [2.05, 4.69) is 0 Å². The second-order valence-electron chi connectivity index (χ2n) is 4.96. The van der Waals surface area contributed by atoms with Crippen LogP contribution in [0.15, 0.2) is 29.2 Å². The Morgan fingerprint density at radius 2 is 2.09 bits per heavy atom. The van der Waals surface area contributed by atoms with Gasteiger partial charge < -0.3 is 14.6 Å². The van der Waals surface area contributed by atoms with Gasteiger partial charge >= 0.3 is 0 Å². The van der Waals surface area contributed by atoms with Gasteiger partial charge in [-0.2, -0.15) is 0 Å². The fourth-order valence-corrected chi connectivity index (χ4v) is 3.37. The predicted molar refractivity (Wildman–Crippen MR) is 91.7 cm³/mol. The van der Waals surface area contributed by atoms with E-state index in [1.165, 1.54) is 6.92 Å². The molecule has 2 rings (SSSR count). The lowest BCUT2D eigenvalue weighted by Gasteiger charge is -2.23. The number of hydrogen-bond donors (Lipinski definition) is 0. The van der Waals surface area contributed by atoms with Crippen molar-refractivity contribution in [3.8, 4) is 5.75 Å². The van der Waals surface area contributed by atoms with Crippen molar-refractivity contribution >= 4 is 46.3 Å². The molecule has 1 fully saturated rings. The lowest BCUT2D eigenvalue weighted by Crippen LogP contribution is -2.48. The number of hydrogen-bond acceptors (Lipinski definition) is 6. The fraction of sp³-hybridized carbons (Fsp3) is 0.312. The molecule has 1 atom stereocenters. The van der Waals surface area contributed by atoms with Crippen LogP contribution < -0.4 is 9.84 Å². The van der Waals surface area contributed by atoms with Crippen molar-refractivity contribution in [2.75, 3.05) is 6.61 Å². The summed E-state index contributed by atoms with van der Waals surface area (Å²) in [5.74, 6) is -0.981. The van der Waals surface area contributed by atoms with E-state index in [1.807, 2.05) is 31.2 Å². The molecule has 0 N–H and O–H groups in total. The van der Waals surface area contributed by atoms with Crippen LogP contribution in [0.2, 0.25) is 0 Å². The van der Waals surface area contributed by atoms with Crippen LogP contribution in [0.4, 0.5) is 0 Å². The Bertz CT molecular complexity index is 655. The second kappa shape index (κ2) is 7.61. The molecule has 1 saturated heterocycles. The van der Waals surface area contributed by atoms with Crippen molar-refractivity contribution in [3.63, 3.8) is 0 Å². The second-order valence-corrected chi connectivity index (χ2v) is 6.64. The molecule has 0 spiro atoms. The number of carbonyl (C=O) groups is 2. The number of carboxylic acids is 1. The molecule has 1 aliphatic rings. The number of carbonyl (C=O) groups excluding carboxylic acids is 2. The summed E-state index contributed by atoms with van der Waals surface area (Å²) in [6.45, 7) is 4.06. The molecule has 0 aromatic heterocycles. The molecule has 122 valence electrons. The maximum atomic E-state index is 12.3. The van der Waals surface area contributed by atoms with Gasteiger partial charge in [-0.1, -0.05) is 43.0 Å². The molecule has 0 radical (unpaired) electrons. The van der Waals surface area contributed by atoms with Crippen LogP contribution >= 0.6 is 24.0 Å². The van der Waals surface area contributed by atoms with E-state index in [4.69, 9.17) is 17.0 Å². The predicted octanol–water partition coefficient (Wildman–Crippen LogP) is 1.81. The highest BCUT2D eigenvalue weighted by atomic mass is 32.2. The Balaban J connectivity index is 2.15. The third kappa shape index (κ3) is 4.11. The summed E-state index contributed by atoms with van der Waals surface area (Å²) in [5.41, 5.74) is 0.815. The Kier molecular flexibility index (Phi) is 5.79. The van der Waals surface area contributed by atoms with Crippen LogP contribution in [0, 0.1) is 0 Å². The van der Waals surface area contributed by atoms with E-state index in [-0.39, 0.29) is 4.32 Å². The number of rotatable bonds is 6. The van der Waals surface area contributed by atoms with Crippen LogP contribution in [0.3, 0.4) is 0 Å². The van der Waals surface area contributed by atoms with E-state index in [1.54, 1.807) is 6.08 Å². The highest BCUT2D eigenvalue weighted by Crippen LogP contribution is 2.34. The normalized spacial score (nSPS) is 17.7. The number of carboxylic acid groups (broad SMARTS) is 1. The third-order valence-electron chi connectivity index (χ3n) is 3.20. The highest BCUT2D eigenvalue weighted by molar-refractivity contribution is 8.26. The molecule has 23 heavy (non-hydrogen) atoms. The van der Waals surface area contributed by atoms with Gasteiger partial charge in [-0.15, -0.1) is 0 Å². The van der Waals surface area contributed by atoms with Crippen molar-refractivity contribution in [2.24, 2.45) is 0 Å². The minimum atomic E-state index is -1.33. The Labute approximate surface area is 144 Å². The lowest BCUT2D eigenvalue weighted by atomic mass is 10.2. The zero-order valence-corrected chi connectivity index (χ0v) is 14.4. The van der Waals surface area contributed by atoms with Crippen molar-refractivity contribution in [2.45, 2.75) is 26.3 Å². The van der Waals surface area contributed by atoms with Gasteiger partial charge in [0.1, 0.15) is 10.1 Å². The standard InChI is InChI=1S/C16H17NO4S2/c1-3-8-21-12-6-4-11(5-7-12)9-13-14(18)17(16(22)23-13)10(2)15(19)20/h4-7,9-10H,3,8H2,1-2H3,(H,19,20)/p-1/b13-9+/t10-/m1/s1. The SMILES string of the molecule is CCCOc1ccc(/C=C2/SC(=S)N([C@H](C)C(=O)[O-])C2=O)cc1. The Morgan fingerprint density at radius 1 is 1.43 bits per heavy atom. The first kappa shape index (κ1) is 17.5. The smallest absolute Gasteiger partial charge is 0.266 e. The van der Waals surface area contributed by atoms with Crippen LogP contribution in [-0.2, 0) is 9.59 Å². The zero-order valence-electron chi connectivity index (χ0n) is 12.8. The topological polar surface area (TPSA) is 69.7 Å². The minimum absolute atomic E-state index is 0.223. The maximum absolute atomic E-state index is 12.3. The number of ether oxygens (including phenoxy) is 1. The molecule has 1 amide bonds. The number of aliphatic carboxylic acids is 1. The largest absolute Gasteiger partial charge is 0.548 e. The van der Waals surface area contributed by atoms with Gasteiger partial charge in [0.2, 0.25) is 0 Å². The summed E-state index contributed by atoms with van der Waals surface area (Å²) in [7, 11) is 0. The molecule has 0 aliphatic carbocycles. The van der Waals surface area contributed by atoms with Gasteiger partial charge in [0.05, 0.1) is 23.5 Å². The monoisotopic (exact) mass is 350 g/mol. The molecule has 1 heterocycles. The Morgan fingerprint density at radius 3 is 2.65 bits per heavy atom. The van der Waals surface area contributed by atoms with E-state index in [9.17, 15) is 14.7 Å². The summed E-state index contributed by atoms with van der Waals surface area (Å²) in [6, 6.07) is 6.23. The van der Waals surface area contributed by atoms with Crippen LogP contribution in [0.25, 0.3) is 6.08 Å². The quantitative estimate of drug-likeness (QED) is 0.576. The summed E-state index contributed by atoms with van der Waals surface area (Å²) in [4.78, 5) is 24.7. The molecule has 1 aromatic carbocycles. The lowest BCUT2D eigenvalue weighted by molar-refractivity contribution is -0.309. The molecule has 7 heteroatoms. The molecular formula is C16H16NO4S2-. The van der Waals surface area contributed by atoms with Gasteiger partial charge in [0.15, 0.2) is 0 Å². The number of thiocarbonyl (C=S) groups is 1. The van der Waals surface area contributed by atoms with E-state index in [0.29, 0.717) is 11.5 Å². The van der Waals surface area contributed by atoms with Gasteiger partial charge in [0, 0.05) is 0 Å². The molecule has 5 nitrogen and oxygen atoms in total. The van der Waals surface area contributed by atoms with Crippen molar-refractivity contribution in [1.29, 1.82) is 0 Å². The van der Waals surface area contributed by atoms with Gasteiger partial charge in [0.25, 0.3) is 5.91 Å². The fourth-order valence-electron chi connectivity index (χ4n) is 1.95. The van der Waals surface area contributed by atoms with Crippen LogP contribution in [-0.4, -0.2) is 33.7 Å². The van der Waals surface area contributed by atoms with Crippen molar-refractivity contribution in [3.05, 3.63) is 34.7 Å². The van der Waals surface area contributed by atoms with Gasteiger partial charge in [-0.25, -0.2) is 0 Å². The van der Waals surface area contributed by atoms with Gasteiger partial charge in [-0.3, -0.25) is 9.69 Å². The van der Waals surface area contributed by atoms with Crippen LogP contribution in [0.5, 0.6) is 5.75 Å². The zero-order chi connectivity index (χ0) is 17.0. The van der Waals surface area contributed by atoms with Crippen molar-refractivity contribution in [1.82, 2.24) is 4.90 Å². The molecule has 1 aromatic rings. The molecule has 0 bridgehead atoms. The summed E-state index contributed by atoms with van der Waals surface area (Å²) in [6.07, 6.45) is 2.62. The third-order valence-corrected chi connectivity index (χ3v) is 4.53. The summed E-state index contributed by atoms with van der Waals surface area (Å²) >= 11 is 6.18. The van der Waals surface area contributed by atoms with Gasteiger partial charge in [-0.05, 0) is 37.1 Å². The minimum Gasteiger partial charge on any atom is -0.548 e. The van der Waals surface area contributed by atoms with E-state index < -0.39 is 17.9 Å².